The van der Waals surface area contributed by atoms with E-state index in [1.807, 2.05) is 35.9 Å². The first-order chi connectivity index (χ1) is 9.31. The van der Waals surface area contributed by atoms with Gasteiger partial charge in [-0.3, -0.25) is 0 Å². The molecule has 3 rings (SSSR count). The molecule has 0 bridgehead atoms. The molecule has 0 aliphatic rings. The number of imidazole rings is 1. The van der Waals surface area contributed by atoms with Gasteiger partial charge in [0.2, 0.25) is 5.89 Å². The van der Waals surface area contributed by atoms with Gasteiger partial charge in [0.25, 0.3) is 0 Å². The monoisotopic (exact) mass is 254 g/mol. The van der Waals surface area contributed by atoms with Crippen LogP contribution in [0.25, 0.3) is 0 Å². The topological polar surface area (TPSA) is 56.7 Å². The van der Waals surface area contributed by atoms with Gasteiger partial charge in [0.1, 0.15) is 12.4 Å². The van der Waals surface area contributed by atoms with Gasteiger partial charge in [-0.1, -0.05) is 35.5 Å². The maximum absolute atomic E-state index is 5.26. The largest absolute Gasteiger partial charge is 0.337 e. The second kappa shape index (κ2) is 5.06. The predicted molar refractivity (Wildman–Crippen MR) is 69.6 cm³/mol. The third-order valence-electron chi connectivity index (χ3n) is 2.94. The molecule has 0 aliphatic carbocycles. The summed E-state index contributed by atoms with van der Waals surface area (Å²) < 4.78 is 7.23. The van der Waals surface area contributed by atoms with E-state index in [4.69, 9.17) is 4.52 Å². The number of benzene rings is 1. The van der Waals surface area contributed by atoms with Gasteiger partial charge in [-0.2, -0.15) is 4.98 Å². The van der Waals surface area contributed by atoms with Gasteiger partial charge >= 0.3 is 0 Å². The van der Waals surface area contributed by atoms with E-state index in [0.717, 1.165) is 5.82 Å². The highest BCUT2D eigenvalue weighted by Crippen LogP contribution is 2.08. The Labute approximate surface area is 110 Å². The van der Waals surface area contributed by atoms with Crippen LogP contribution < -0.4 is 0 Å². The first-order valence-electron chi connectivity index (χ1n) is 6.14. The number of rotatable bonds is 4. The van der Waals surface area contributed by atoms with Crippen LogP contribution in [0.4, 0.5) is 0 Å². The van der Waals surface area contributed by atoms with E-state index in [0.29, 0.717) is 24.7 Å². The molecule has 0 fully saturated rings. The average molecular weight is 254 g/mol. The molecule has 0 atom stereocenters. The van der Waals surface area contributed by atoms with Gasteiger partial charge in [-0.05, 0) is 12.5 Å². The molecule has 0 unspecified atom stereocenters. The Morgan fingerprint density at radius 1 is 1.21 bits per heavy atom. The molecular weight excluding hydrogens is 240 g/mol. The normalized spacial score (nSPS) is 10.8. The summed E-state index contributed by atoms with van der Waals surface area (Å²) in [6, 6.07) is 10.1. The Morgan fingerprint density at radius 3 is 2.79 bits per heavy atom. The highest BCUT2D eigenvalue weighted by Gasteiger charge is 2.08. The SMILES string of the molecule is Cc1nccn1Cc1nc(Cc2ccccc2)no1. The lowest BCUT2D eigenvalue weighted by molar-refractivity contribution is 0.366. The van der Waals surface area contributed by atoms with Crippen molar-refractivity contribution in [2.24, 2.45) is 0 Å². The van der Waals surface area contributed by atoms with Crippen molar-refractivity contribution in [3.05, 3.63) is 65.8 Å². The standard InChI is InChI=1S/C14H14N4O/c1-11-15-7-8-18(11)10-14-16-13(17-19-14)9-12-5-3-2-4-6-12/h2-8H,9-10H2,1H3. The van der Waals surface area contributed by atoms with Crippen LogP contribution in [-0.2, 0) is 13.0 Å². The van der Waals surface area contributed by atoms with Crippen LogP contribution in [0.5, 0.6) is 0 Å². The minimum Gasteiger partial charge on any atom is -0.337 e. The van der Waals surface area contributed by atoms with Crippen molar-refractivity contribution < 1.29 is 4.52 Å². The van der Waals surface area contributed by atoms with Crippen LogP contribution in [0.15, 0.2) is 47.2 Å². The average Bonchev–Trinajstić information content (AvgIpc) is 3.02. The zero-order chi connectivity index (χ0) is 13.1. The van der Waals surface area contributed by atoms with E-state index >= 15 is 0 Å². The Kier molecular flexibility index (Phi) is 3.10. The lowest BCUT2D eigenvalue weighted by atomic mass is 10.1. The first-order valence-corrected chi connectivity index (χ1v) is 6.14. The summed E-state index contributed by atoms with van der Waals surface area (Å²) in [6.45, 7) is 2.51. The van der Waals surface area contributed by atoms with E-state index in [1.54, 1.807) is 6.20 Å². The number of nitrogens with zero attached hydrogens (tertiary/aromatic N) is 4. The third kappa shape index (κ3) is 2.70. The Bertz CT molecular complexity index is 657. The quantitative estimate of drug-likeness (QED) is 0.716. The van der Waals surface area contributed by atoms with Crippen LogP contribution in [0, 0.1) is 6.92 Å². The fraction of sp³-hybridized carbons (Fsp3) is 0.214. The van der Waals surface area contributed by atoms with E-state index < -0.39 is 0 Å². The van der Waals surface area contributed by atoms with Gasteiger partial charge in [0, 0.05) is 18.8 Å². The van der Waals surface area contributed by atoms with E-state index in [2.05, 4.69) is 27.3 Å². The summed E-state index contributed by atoms with van der Waals surface area (Å²) in [5.41, 5.74) is 1.17. The number of hydrogen-bond donors (Lipinski definition) is 0. The summed E-state index contributed by atoms with van der Waals surface area (Å²) >= 11 is 0. The third-order valence-corrected chi connectivity index (χ3v) is 2.94. The highest BCUT2D eigenvalue weighted by atomic mass is 16.5. The molecule has 5 heteroatoms. The second-order valence-electron chi connectivity index (χ2n) is 4.37. The van der Waals surface area contributed by atoms with E-state index in [9.17, 15) is 0 Å². The molecule has 2 aromatic heterocycles. The molecule has 0 saturated carbocycles. The zero-order valence-electron chi connectivity index (χ0n) is 10.7. The molecule has 19 heavy (non-hydrogen) atoms. The van der Waals surface area contributed by atoms with Crippen LogP contribution in [0.2, 0.25) is 0 Å². The number of aromatic nitrogens is 4. The Balaban J connectivity index is 1.72. The van der Waals surface area contributed by atoms with Crippen LogP contribution in [0.1, 0.15) is 23.1 Å². The van der Waals surface area contributed by atoms with E-state index in [-0.39, 0.29) is 0 Å². The number of hydrogen-bond acceptors (Lipinski definition) is 4. The molecule has 0 aliphatic heterocycles. The maximum Gasteiger partial charge on any atom is 0.246 e. The fourth-order valence-electron chi connectivity index (χ4n) is 1.92. The van der Waals surface area contributed by atoms with Crippen molar-refractivity contribution >= 4 is 0 Å². The molecule has 1 aromatic carbocycles. The van der Waals surface area contributed by atoms with Gasteiger partial charge < -0.3 is 9.09 Å². The van der Waals surface area contributed by atoms with Crippen molar-refractivity contribution in [2.45, 2.75) is 19.9 Å². The lowest BCUT2D eigenvalue weighted by Gasteiger charge is -1.98. The fourth-order valence-corrected chi connectivity index (χ4v) is 1.92. The second-order valence-corrected chi connectivity index (χ2v) is 4.37. The van der Waals surface area contributed by atoms with Crippen molar-refractivity contribution in [1.29, 1.82) is 0 Å². The minimum atomic E-state index is 0.563. The molecule has 5 nitrogen and oxygen atoms in total. The van der Waals surface area contributed by atoms with Crippen molar-refractivity contribution in [3.63, 3.8) is 0 Å². The molecule has 0 spiro atoms. The highest BCUT2D eigenvalue weighted by molar-refractivity contribution is 5.18. The number of aryl methyl sites for hydroxylation is 1. The van der Waals surface area contributed by atoms with Crippen LogP contribution in [-0.4, -0.2) is 19.7 Å². The van der Waals surface area contributed by atoms with Crippen molar-refractivity contribution in [3.8, 4) is 0 Å². The Hall–Kier alpha value is -2.43. The predicted octanol–water partition coefficient (Wildman–Crippen LogP) is 2.21. The summed E-state index contributed by atoms with van der Waals surface area (Å²) in [7, 11) is 0. The Morgan fingerprint density at radius 2 is 2.05 bits per heavy atom. The smallest absolute Gasteiger partial charge is 0.246 e. The minimum absolute atomic E-state index is 0.563. The van der Waals surface area contributed by atoms with Crippen molar-refractivity contribution in [1.82, 2.24) is 19.7 Å². The van der Waals surface area contributed by atoms with Crippen molar-refractivity contribution in [2.75, 3.05) is 0 Å². The lowest BCUT2D eigenvalue weighted by Crippen LogP contribution is -2.01. The summed E-state index contributed by atoms with van der Waals surface area (Å²) in [5.74, 6) is 2.24. The molecule has 2 heterocycles. The molecule has 3 aromatic rings. The van der Waals surface area contributed by atoms with Crippen LogP contribution >= 0.6 is 0 Å². The molecule has 0 amide bonds. The molecule has 96 valence electrons. The molecule has 0 saturated heterocycles. The molecule has 0 radical (unpaired) electrons. The van der Waals surface area contributed by atoms with Gasteiger partial charge in [0.05, 0.1) is 0 Å². The summed E-state index contributed by atoms with van der Waals surface area (Å²) in [4.78, 5) is 8.56. The summed E-state index contributed by atoms with van der Waals surface area (Å²) in [6.07, 6.45) is 4.35. The van der Waals surface area contributed by atoms with Gasteiger partial charge in [-0.15, -0.1) is 0 Å². The maximum atomic E-state index is 5.26. The zero-order valence-corrected chi connectivity index (χ0v) is 10.7. The van der Waals surface area contributed by atoms with Crippen LogP contribution in [0.3, 0.4) is 0 Å². The molecule has 0 N–H and O–H groups in total. The van der Waals surface area contributed by atoms with E-state index in [1.165, 1.54) is 5.56 Å². The van der Waals surface area contributed by atoms with Gasteiger partial charge in [0.15, 0.2) is 5.82 Å². The van der Waals surface area contributed by atoms with Gasteiger partial charge in [-0.25, -0.2) is 4.98 Å². The summed E-state index contributed by atoms with van der Waals surface area (Å²) in [5, 5.41) is 4.00. The first kappa shape index (κ1) is 11.6. The molecular formula is C14H14N4O.